The first kappa shape index (κ1) is 16.4. The van der Waals surface area contributed by atoms with Gasteiger partial charge in [0.15, 0.2) is 11.6 Å². The molecule has 1 aromatic rings. The number of aromatic nitrogens is 1. The van der Waals surface area contributed by atoms with Crippen LogP contribution in [0.5, 0.6) is 0 Å². The normalized spacial score (nSPS) is 11.2. The van der Waals surface area contributed by atoms with Crippen molar-refractivity contribution in [2.45, 2.75) is 46.2 Å². The molecule has 1 rings (SSSR count). The van der Waals surface area contributed by atoms with Gasteiger partial charge in [-0.2, -0.15) is 5.26 Å². The summed E-state index contributed by atoms with van der Waals surface area (Å²) in [6, 6.07) is 3.77. The van der Waals surface area contributed by atoms with Crippen LogP contribution in [-0.2, 0) is 6.54 Å². The summed E-state index contributed by atoms with van der Waals surface area (Å²) in [7, 11) is 0. The van der Waals surface area contributed by atoms with Crippen molar-refractivity contribution in [1.82, 2.24) is 10.3 Å². The second-order valence-electron chi connectivity index (χ2n) is 5.70. The number of pyridine rings is 1. The molecule has 0 radical (unpaired) electrons. The number of anilines is 1. The predicted octanol–water partition coefficient (Wildman–Crippen LogP) is 2.85. The number of nitrogens with one attached hydrogen (secondary N) is 1. The summed E-state index contributed by atoms with van der Waals surface area (Å²) in [5.74, 6) is 0.0278. The van der Waals surface area contributed by atoms with Crippen LogP contribution in [0.15, 0.2) is 12.3 Å². The van der Waals surface area contributed by atoms with Gasteiger partial charge in [-0.15, -0.1) is 0 Å². The molecule has 110 valence electrons. The molecule has 0 saturated heterocycles. The van der Waals surface area contributed by atoms with Crippen molar-refractivity contribution in [3.05, 3.63) is 23.6 Å². The van der Waals surface area contributed by atoms with E-state index in [1.165, 1.54) is 0 Å². The molecule has 0 fully saturated rings. The maximum atomic E-state index is 14.5. The van der Waals surface area contributed by atoms with Gasteiger partial charge < -0.3 is 10.2 Å². The lowest BCUT2D eigenvalue weighted by Crippen LogP contribution is -2.35. The molecule has 0 aliphatic carbocycles. The lowest BCUT2D eigenvalue weighted by atomic mass is 10.1. The van der Waals surface area contributed by atoms with E-state index in [-0.39, 0.29) is 11.4 Å². The number of halogens is 1. The van der Waals surface area contributed by atoms with Crippen LogP contribution in [0.1, 0.15) is 39.7 Å². The highest BCUT2D eigenvalue weighted by molar-refractivity contribution is 5.43. The molecule has 1 heterocycles. The van der Waals surface area contributed by atoms with Gasteiger partial charge in [0, 0.05) is 36.9 Å². The van der Waals surface area contributed by atoms with E-state index in [9.17, 15) is 4.39 Å². The van der Waals surface area contributed by atoms with E-state index in [2.05, 4.69) is 16.4 Å². The van der Waals surface area contributed by atoms with Crippen LogP contribution in [0.3, 0.4) is 0 Å². The monoisotopic (exact) mass is 278 g/mol. The Morgan fingerprint density at radius 1 is 1.45 bits per heavy atom. The molecule has 0 amide bonds. The summed E-state index contributed by atoms with van der Waals surface area (Å²) >= 11 is 0. The van der Waals surface area contributed by atoms with Crippen molar-refractivity contribution in [3.8, 4) is 6.07 Å². The second kappa shape index (κ2) is 7.20. The highest BCUT2D eigenvalue weighted by Gasteiger charge is 2.16. The topological polar surface area (TPSA) is 52.0 Å². The Morgan fingerprint density at radius 3 is 2.70 bits per heavy atom. The van der Waals surface area contributed by atoms with E-state index < -0.39 is 0 Å². The third-order valence-electron chi connectivity index (χ3n) is 2.93. The van der Waals surface area contributed by atoms with E-state index in [4.69, 9.17) is 5.26 Å². The van der Waals surface area contributed by atoms with Gasteiger partial charge in [0.2, 0.25) is 0 Å². The number of nitriles is 1. The van der Waals surface area contributed by atoms with Gasteiger partial charge in [-0.25, -0.2) is 9.37 Å². The summed E-state index contributed by atoms with van der Waals surface area (Å²) < 4.78 is 14.5. The molecule has 1 N–H and O–H groups in total. The Labute approximate surface area is 120 Å². The maximum Gasteiger partial charge on any atom is 0.170 e. The third kappa shape index (κ3) is 4.78. The smallest absolute Gasteiger partial charge is 0.170 e. The summed E-state index contributed by atoms with van der Waals surface area (Å²) in [5, 5.41) is 11.9. The fourth-order valence-electron chi connectivity index (χ4n) is 1.79. The number of rotatable bonds is 6. The molecular weight excluding hydrogens is 255 g/mol. The van der Waals surface area contributed by atoms with Crippen LogP contribution in [0.2, 0.25) is 0 Å². The summed E-state index contributed by atoms with van der Waals surface area (Å²) in [5.41, 5.74) is 0.529. The number of nitrogens with zero attached hydrogens (tertiary/aromatic N) is 3. The van der Waals surface area contributed by atoms with Crippen LogP contribution in [0.4, 0.5) is 10.2 Å². The highest BCUT2D eigenvalue weighted by Crippen LogP contribution is 2.20. The predicted molar refractivity (Wildman–Crippen MR) is 78.9 cm³/mol. The van der Waals surface area contributed by atoms with Crippen LogP contribution in [-0.4, -0.2) is 23.6 Å². The Kier molecular flexibility index (Phi) is 5.90. The zero-order valence-electron chi connectivity index (χ0n) is 12.7. The van der Waals surface area contributed by atoms with Crippen molar-refractivity contribution >= 4 is 5.82 Å². The number of hydrogen-bond donors (Lipinski definition) is 1. The summed E-state index contributed by atoms with van der Waals surface area (Å²) in [6.45, 7) is 9.63. The Balaban J connectivity index is 2.91. The van der Waals surface area contributed by atoms with E-state index in [1.54, 1.807) is 17.2 Å². The van der Waals surface area contributed by atoms with Crippen LogP contribution >= 0.6 is 0 Å². The quantitative estimate of drug-likeness (QED) is 0.869. The molecule has 0 aliphatic rings. The van der Waals surface area contributed by atoms with E-state index in [0.717, 1.165) is 0 Å². The van der Waals surface area contributed by atoms with Crippen molar-refractivity contribution in [3.63, 3.8) is 0 Å². The average Bonchev–Trinajstić information content (AvgIpc) is 2.38. The lowest BCUT2D eigenvalue weighted by Gasteiger charge is -2.24. The summed E-state index contributed by atoms with van der Waals surface area (Å²) in [6.07, 6.45) is 1.98. The molecule has 0 aromatic carbocycles. The van der Waals surface area contributed by atoms with Crippen LogP contribution in [0, 0.1) is 17.1 Å². The first-order valence-electron chi connectivity index (χ1n) is 6.89. The Bertz CT molecular complexity index is 474. The second-order valence-corrected chi connectivity index (χ2v) is 5.70. The Hall–Kier alpha value is -1.67. The molecule has 0 atom stereocenters. The van der Waals surface area contributed by atoms with Gasteiger partial charge in [0.05, 0.1) is 12.5 Å². The lowest BCUT2D eigenvalue weighted by molar-refractivity contribution is 0.418. The molecular formula is C15H23FN4. The SMILES string of the molecule is CCN(CCC#N)c1nccc(CNC(C)(C)C)c1F. The van der Waals surface area contributed by atoms with E-state index in [0.29, 0.717) is 37.4 Å². The number of hydrogen-bond acceptors (Lipinski definition) is 4. The largest absolute Gasteiger partial charge is 0.353 e. The fourth-order valence-corrected chi connectivity index (χ4v) is 1.79. The minimum absolute atomic E-state index is 0.0683. The van der Waals surface area contributed by atoms with E-state index in [1.807, 2.05) is 27.7 Å². The van der Waals surface area contributed by atoms with E-state index >= 15 is 0 Å². The van der Waals surface area contributed by atoms with Gasteiger partial charge >= 0.3 is 0 Å². The molecule has 0 saturated carbocycles. The van der Waals surface area contributed by atoms with Gasteiger partial charge in [0.25, 0.3) is 0 Å². The van der Waals surface area contributed by atoms with Crippen molar-refractivity contribution in [2.75, 3.05) is 18.0 Å². The van der Waals surface area contributed by atoms with Crippen LogP contribution < -0.4 is 10.2 Å². The molecule has 0 spiro atoms. The van der Waals surface area contributed by atoms with Crippen LogP contribution in [0.25, 0.3) is 0 Å². The molecule has 1 aromatic heterocycles. The zero-order chi connectivity index (χ0) is 15.2. The van der Waals surface area contributed by atoms with Gasteiger partial charge in [0.1, 0.15) is 0 Å². The third-order valence-corrected chi connectivity index (χ3v) is 2.93. The average molecular weight is 278 g/mol. The summed E-state index contributed by atoms with van der Waals surface area (Å²) in [4.78, 5) is 5.91. The first-order chi connectivity index (χ1) is 9.39. The fraction of sp³-hybridized carbons (Fsp3) is 0.600. The van der Waals surface area contributed by atoms with Crippen molar-refractivity contribution < 1.29 is 4.39 Å². The zero-order valence-corrected chi connectivity index (χ0v) is 12.7. The minimum atomic E-state index is -0.302. The minimum Gasteiger partial charge on any atom is -0.353 e. The van der Waals surface area contributed by atoms with Gasteiger partial charge in [-0.1, -0.05) is 0 Å². The Morgan fingerprint density at radius 2 is 2.15 bits per heavy atom. The van der Waals surface area contributed by atoms with Gasteiger partial charge in [-0.3, -0.25) is 0 Å². The maximum absolute atomic E-state index is 14.5. The molecule has 4 nitrogen and oxygen atoms in total. The standard InChI is InChI=1S/C15H23FN4/c1-5-20(10-6-8-17)14-13(16)12(7-9-18-14)11-19-15(2,3)4/h7,9,19H,5-6,10-11H2,1-4H3. The molecule has 5 heteroatoms. The molecule has 20 heavy (non-hydrogen) atoms. The van der Waals surface area contributed by atoms with Crippen molar-refractivity contribution in [1.29, 1.82) is 5.26 Å². The van der Waals surface area contributed by atoms with Crippen molar-refractivity contribution in [2.24, 2.45) is 0 Å². The molecule has 0 bridgehead atoms. The first-order valence-corrected chi connectivity index (χ1v) is 6.89. The van der Waals surface area contributed by atoms with Gasteiger partial charge in [-0.05, 0) is 33.8 Å². The highest BCUT2D eigenvalue weighted by atomic mass is 19.1. The molecule has 0 unspecified atom stereocenters. The molecule has 0 aliphatic heterocycles.